The zero-order valence-corrected chi connectivity index (χ0v) is 19.8. The summed E-state index contributed by atoms with van der Waals surface area (Å²) in [6, 6.07) is 20.2. The van der Waals surface area contributed by atoms with Crippen LogP contribution in [0.4, 0.5) is 0 Å². The molecule has 3 aromatic rings. The molecule has 0 heterocycles. The fourth-order valence-electron chi connectivity index (χ4n) is 3.78. The van der Waals surface area contributed by atoms with Gasteiger partial charge in [-0.2, -0.15) is 0 Å². The molecule has 7 nitrogen and oxygen atoms in total. The number of hydrogen-bond donors (Lipinski definition) is 5. The summed E-state index contributed by atoms with van der Waals surface area (Å²) in [4.78, 5) is 11.3. The lowest BCUT2D eigenvalue weighted by atomic mass is 10.1. The molecule has 1 atom stereocenters. The van der Waals surface area contributed by atoms with Gasteiger partial charge in [-0.3, -0.25) is 4.79 Å². The third-order valence-corrected chi connectivity index (χ3v) is 5.85. The Hall–Kier alpha value is -3.39. The van der Waals surface area contributed by atoms with Crippen LogP contribution in [0.2, 0.25) is 0 Å². The molecule has 6 N–H and O–H groups in total. The minimum atomic E-state index is -0.719. The van der Waals surface area contributed by atoms with Crippen LogP contribution in [0.3, 0.4) is 0 Å². The van der Waals surface area contributed by atoms with Crippen LogP contribution in [0.5, 0.6) is 11.5 Å². The minimum absolute atomic E-state index is 0.0242. The second-order valence-corrected chi connectivity index (χ2v) is 8.53. The standard InChI is InChI=1S/C28H34N2O5/c29-28(34)23-6-3-5-21(16-23)4-1-2-15-35-25-10-7-20(8-11-25)13-14-30-18-27(33)22-9-12-26(32)24(17-22)19-31/h3,5-12,16-17,27,30-33H,1-2,4,13-15,18-19H2,(H2,29,34)/t27-/m1/s1. The average molecular weight is 479 g/mol. The van der Waals surface area contributed by atoms with Gasteiger partial charge in [0, 0.05) is 17.7 Å². The van der Waals surface area contributed by atoms with E-state index in [9.17, 15) is 20.1 Å². The molecular formula is C28H34N2O5. The largest absolute Gasteiger partial charge is 0.508 e. The zero-order chi connectivity index (χ0) is 25.0. The van der Waals surface area contributed by atoms with Gasteiger partial charge in [-0.25, -0.2) is 0 Å². The Balaban J connectivity index is 1.31. The smallest absolute Gasteiger partial charge is 0.248 e. The average Bonchev–Trinajstić information content (AvgIpc) is 2.87. The van der Waals surface area contributed by atoms with Gasteiger partial charge in [0.05, 0.1) is 19.3 Å². The molecule has 0 aliphatic carbocycles. The number of unbranched alkanes of at least 4 members (excludes halogenated alkanes) is 1. The number of phenols is 1. The molecule has 3 aromatic carbocycles. The summed E-state index contributed by atoms with van der Waals surface area (Å²) < 4.78 is 5.84. The summed E-state index contributed by atoms with van der Waals surface area (Å²) in [5.74, 6) is 0.453. The first kappa shape index (κ1) is 26.2. The van der Waals surface area contributed by atoms with E-state index in [1.165, 1.54) is 11.6 Å². The van der Waals surface area contributed by atoms with E-state index in [0.717, 1.165) is 37.0 Å². The Morgan fingerprint density at radius 3 is 2.51 bits per heavy atom. The second-order valence-electron chi connectivity index (χ2n) is 8.53. The summed E-state index contributed by atoms with van der Waals surface area (Å²) in [6.07, 6.45) is 2.84. The first-order valence-electron chi connectivity index (χ1n) is 11.9. The number of aromatic hydroxyl groups is 1. The zero-order valence-electron chi connectivity index (χ0n) is 19.8. The number of benzene rings is 3. The molecule has 0 unspecified atom stereocenters. The maximum absolute atomic E-state index is 11.3. The molecule has 1 amide bonds. The van der Waals surface area contributed by atoms with Crippen molar-refractivity contribution in [3.05, 3.63) is 94.5 Å². The fraction of sp³-hybridized carbons (Fsp3) is 0.321. The molecule has 0 fully saturated rings. The fourth-order valence-corrected chi connectivity index (χ4v) is 3.78. The Labute approximate surface area is 206 Å². The van der Waals surface area contributed by atoms with Crippen molar-refractivity contribution in [3.63, 3.8) is 0 Å². The van der Waals surface area contributed by atoms with Gasteiger partial charge in [0.1, 0.15) is 11.5 Å². The van der Waals surface area contributed by atoms with Crippen LogP contribution in [0.1, 0.15) is 51.6 Å². The number of aliphatic hydroxyl groups excluding tert-OH is 2. The summed E-state index contributed by atoms with van der Waals surface area (Å²) in [5.41, 5.74) is 9.19. The number of rotatable bonds is 14. The van der Waals surface area contributed by atoms with Crippen molar-refractivity contribution < 1.29 is 24.9 Å². The predicted molar refractivity (Wildman–Crippen MR) is 135 cm³/mol. The predicted octanol–water partition coefficient (Wildman–Crippen LogP) is 3.25. The SMILES string of the molecule is NC(=O)c1cccc(CCCCOc2ccc(CCNC[C@@H](O)c3ccc(O)c(CO)c3)cc2)c1. The van der Waals surface area contributed by atoms with Gasteiger partial charge in [-0.1, -0.05) is 30.3 Å². The highest BCUT2D eigenvalue weighted by Gasteiger charge is 2.10. The molecule has 0 aromatic heterocycles. The van der Waals surface area contributed by atoms with Gasteiger partial charge in [-0.15, -0.1) is 0 Å². The molecule has 0 spiro atoms. The summed E-state index contributed by atoms with van der Waals surface area (Å²) >= 11 is 0. The van der Waals surface area contributed by atoms with Crippen LogP contribution < -0.4 is 15.8 Å². The molecular weight excluding hydrogens is 444 g/mol. The van der Waals surface area contributed by atoms with Gasteiger partial charge in [-0.05, 0) is 85.3 Å². The van der Waals surface area contributed by atoms with Crippen molar-refractivity contribution in [1.29, 1.82) is 0 Å². The van der Waals surface area contributed by atoms with Crippen molar-refractivity contribution in [2.75, 3.05) is 19.7 Å². The number of nitrogens with two attached hydrogens (primary N) is 1. The summed E-state index contributed by atoms with van der Waals surface area (Å²) in [6.45, 7) is 1.44. The number of amides is 1. The number of primary amides is 1. The molecule has 7 heteroatoms. The third kappa shape index (κ3) is 8.40. The number of hydrogen-bond acceptors (Lipinski definition) is 6. The van der Waals surface area contributed by atoms with E-state index in [4.69, 9.17) is 10.5 Å². The summed E-state index contributed by atoms with van der Waals surface area (Å²) in [7, 11) is 0. The maximum atomic E-state index is 11.3. The number of aryl methyl sites for hydroxylation is 1. The van der Waals surface area contributed by atoms with E-state index in [-0.39, 0.29) is 12.4 Å². The third-order valence-electron chi connectivity index (χ3n) is 5.85. The van der Waals surface area contributed by atoms with E-state index in [1.807, 2.05) is 42.5 Å². The minimum Gasteiger partial charge on any atom is -0.508 e. The second kappa shape index (κ2) is 13.5. The molecule has 0 saturated carbocycles. The van der Waals surface area contributed by atoms with E-state index in [2.05, 4.69) is 5.32 Å². The molecule has 0 saturated heterocycles. The first-order chi connectivity index (χ1) is 17.0. The van der Waals surface area contributed by atoms with Crippen molar-refractivity contribution in [2.45, 2.75) is 38.4 Å². The lowest BCUT2D eigenvalue weighted by molar-refractivity contribution is 0.1000. The quantitative estimate of drug-likeness (QED) is 0.227. The Morgan fingerprint density at radius 1 is 0.971 bits per heavy atom. The summed E-state index contributed by atoms with van der Waals surface area (Å²) in [5, 5.41) is 32.4. The molecule has 0 aliphatic rings. The van der Waals surface area contributed by atoms with E-state index >= 15 is 0 Å². The van der Waals surface area contributed by atoms with Crippen molar-refractivity contribution in [3.8, 4) is 11.5 Å². The Morgan fingerprint density at radius 2 is 1.77 bits per heavy atom. The molecule has 35 heavy (non-hydrogen) atoms. The van der Waals surface area contributed by atoms with Gasteiger partial charge >= 0.3 is 0 Å². The molecule has 0 aliphatic heterocycles. The highest BCUT2D eigenvalue weighted by Crippen LogP contribution is 2.22. The molecule has 0 radical (unpaired) electrons. The number of carbonyl (C=O) groups excluding carboxylic acids is 1. The lowest BCUT2D eigenvalue weighted by Gasteiger charge is -2.14. The van der Waals surface area contributed by atoms with Crippen LogP contribution >= 0.6 is 0 Å². The van der Waals surface area contributed by atoms with Crippen molar-refractivity contribution in [2.24, 2.45) is 5.73 Å². The number of aliphatic hydroxyl groups is 2. The Kier molecular flexibility index (Phi) is 10.1. The van der Waals surface area contributed by atoms with Crippen LogP contribution in [0, 0.1) is 0 Å². The van der Waals surface area contributed by atoms with Crippen LogP contribution in [0.25, 0.3) is 0 Å². The van der Waals surface area contributed by atoms with E-state index in [0.29, 0.717) is 36.4 Å². The van der Waals surface area contributed by atoms with Gasteiger partial charge in [0.25, 0.3) is 0 Å². The van der Waals surface area contributed by atoms with Crippen LogP contribution in [-0.4, -0.2) is 40.9 Å². The maximum Gasteiger partial charge on any atom is 0.248 e. The lowest BCUT2D eigenvalue weighted by Crippen LogP contribution is -2.23. The topological polar surface area (TPSA) is 125 Å². The van der Waals surface area contributed by atoms with Crippen LogP contribution in [0.15, 0.2) is 66.7 Å². The van der Waals surface area contributed by atoms with Crippen molar-refractivity contribution in [1.82, 2.24) is 5.32 Å². The first-order valence-corrected chi connectivity index (χ1v) is 11.9. The number of nitrogens with one attached hydrogen (secondary N) is 1. The monoisotopic (exact) mass is 478 g/mol. The molecule has 186 valence electrons. The number of ether oxygens (including phenoxy) is 1. The van der Waals surface area contributed by atoms with E-state index in [1.54, 1.807) is 18.2 Å². The highest BCUT2D eigenvalue weighted by atomic mass is 16.5. The van der Waals surface area contributed by atoms with Crippen molar-refractivity contribution >= 4 is 5.91 Å². The van der Waals surface area contributed by atoms with Crippen LogP contribution in [-0.2, 0) is 19.4 Å². The molecule has 3 rings (SSSR count). The van der Waals surface area contributed by atoms with Gasteiger partial charge < -0.3 is 31.1 Å². The molecule has 0 bridgehead atoms. The Bertz CT molecular complexity index is 1080. The van der Waals surface area contributed by atoms with Gasteiger partial charge in [0.15, 0.2) is 0 Å². The number of carbonyl (C=O) groups is 1. The highest BCUT2D eigenvalue weighted by molar-refractivity contribution is 5.92. The van der Waals surface area contributed by atoms with Gasteiger partial charge in [0.2, 0.25) is 5.91 Å². The normalized spacial score (nSPS) is 11.8. The van der Waals surface area contributed by atoms with E-state index < -0.39 is 12.0 Å².